The second-order valence-electron chi connectivity index (χ2n) is 6.90. The summed E-state index contributed by atoms with van der Waals surface area (Å²) >= 11 is 0. The molecule has 2 aromatic heterocycles. The van der Waals surface area contributed by atoms with Gasteiger partial charge in [-0.3, -0.25) is 9.48 Å². The molecule has 3 heterocycles. The minimum Gasteiger partial charge on any atom is -0.361 e. The third kappa shape index (κ3) is 2.97. The molecule has 6 nitrogen and oxygen atoms in total. The molecule has 0 unspecified atom stereocenters. The van der Waals surface area contributed by atoms with Crippen molar-refractivity contribution in [2.45, 2.75) is 66.0 Å². The van der Waals surface area contributed by atoms with E-state index >= 15 is 0 Å². The third-order valence-corrected chi connectivity index (χ3v) is 5.04. The highest BCUT2D eigenvalue weighted by molar-refractivity contribution is 5.84. The van der Waals surface area contributed by atoms with E-state index in [-0.39, 0.29) is 17.9 Å². The van der Waals surface area contributed by atoms with Crippen LogP contribution in [0.2, 0.25) is 0 Å². The van der Waals surface area contributed by atoms with Gasteiger partial charge in [-0.2, -0.15) is 5.10 Å². The van der Waals surface area contributed by atoms with Gasteiger partial charge in [0.15, 0.2) is 0 Å². The van der Waals surface area contributed by atoms with Crippen LogP contribution >= 0.6 is 0 Å². The minimum atomic E-state index is -0.225. The number of rotatable bonds is 4. The largest absolute Gasteiger partial charge is 0.361 e. The zero-order chi connectivity index (χ0) is 17.4. The van der Waals surface area contributed by atoms with Crippen molar-refractivity contribution in [2.75, 3.05) is 6.54 Å². The Morgan fingerprint density at radius 1 is 1.38 bits per heavy atom. The molecule has 24 heavy (non-hydrogen) atoms. The Labute approximate surface area is 142 Å². The number of aromatic nitrogens is 3. The number of hydrogen-bond donors (Lipinski definition) is 0. The normalized spacial score (nSPS) is 19.0. The average Bonchev–Trinajstić information content (AvgIpc) is 3.19. The highest BCUT2D eigenvalue weighted by Gasteiger charge is 2.34. The fraction of sp³-hybridized carbons (Fsp3) is 0.611. The SMILES string of the molecule is Cc1cc(C)n(C[C@H]2CCCN2C(=O)[C@H](C)c2c(C)noc2C)n1. The van der Waals surface area contributed by atoms with Crippen LogP contribution in [0, 0.1) is 27.7 Å². The van der Waals surface area contributed by atoms with Gasteiger partial charge in [-0.1, -0.05) is 5.16 Å². The molecule has 1 amide bonds. The first-order valence-electron chi connectivity index (χ1n) is 8.62. The third-order valence-electron chi connectivity index (χ3n) is 5.04. The van der Waals surface area contributed by atoms with Crippen LogP contribution in [0.15, 0.2) is 10.6 Å². The predicted molar refractivity (Wildman–Crippen MR) is 90.8 cm³/mol. The van der Waals surface area contributed by atoms with Crippen LogP contribution in [0.4, 0.5) is 0 Å². The highest BCUT2D eigenvalue weighted by Crippen LogP contribution is 2.29. The Morgan fingerprint density at radius 3 is 2.71 bits per heavy atom. The number of nitrogens with zero attached hydrogens (tertiary/aromatic N) is 4. The number of carbonyl (C=O) groups is 1. The predicted octanol–water partition coefficient (Wildman–Crippen LogP) is 2.90. The molecule has 0 spiro atoms. The second kappa shape index (κ2) is 6.42. The second-order valence-corrected chi connectivity index (χ2v) is 6.90. The van der Waals surface area contributed by atoms with Crippen molar-refractivity contribution >= 4 is 5.91 Å². The molecule has 6 heteroatoms. The summed E-state index contributed by atoms with van der Waals surface area (Å²) in [4.78, 5) is 15.1. The van der Waals surface area contributed by atoms with Gasteiger partial charge in [0.05, 0.1) is 29.9 Å². The van der Waals surface area contributed by atoms with E-state index in [1.807, 2.05) is 37.3 Å². The summed E-state index contributed by atoms with van der Waals surface area (Å²) in [5.74, 6) is 0.674. The summed E-state index contributed by atoms with van der Waals surface area (Å²) in [6, 6.07) is 2.28. The lowest BCUT2D eigenvalue weighted by atomic mass is 9.97. The number of aryl methyl sites for hydroxylation is 4. The van der Waals surface area contributed by atoms with E-state index < -0.39 is 0 Å². The van der Waals surface area contributed by atoms with Gasteiger partial charge in [-0.05, 0) is 53.5 Å². The Morgan fingerprint density at radius 2 is 2.12 bits per heavy atom. The number of likely N-dealkylation sites (tertiary alicyclic amines) is 1. The number of hydrogen-bond acceptors (Lipinski definition) is 4. The fourth-order valence-electron chi connectivity index (χ4n) is 3.86. The summed E-state index contributed by atoms with van der Waals surface area (Å²) in [7, 11) is 0. The van der Waals surface area contributed by atoms with Crippen LogP contribution < -0.4 is 0 Å². The van der Waals surface area contributed by atoms with Crippen LogP contribution in [0.5, 0.6) is 0 Å². The maximum absolute atomic E-state index is 13.1. The highest BCUT2D eigenvalue weighted by atomic mass is 16.5. The topological polar surface area (TPSA) is 64.2 Å². The quantitative estimate of drug-likeness (QED) is 0.864. The molecule has 0 aliphatic carbocycles. The van der Waals surface area contributed by atoms with E-state index in [0.29, 0.717) is 0 Å². The molecule has 1 fully saturated rings. The molecule has 1 saturated heterocycles. The van der Waals surface area contributed by atoms with Crippen molar-refractivity contribution in [1.82, 2.24) is 19.8 Å². The molecular weight excluding hydrogens is 304 g/mol. The Kier molecular flexibility index (Phi) is 4.47. The Hall–Kier alpha value is -2.11. The number of carbonyl (C=O) groups excluding carboxylic acids is 1. The maximum atomic E-state index is 13.1. The summed E-state index contributed by atoms with van der Waals surface area (Å²) in [6.07, 6.45) is 2.07. The zero-order valence-electron chi connectivity index (χ0n) is 15.2. The van der Waals surface area contributed by atoms with Crippen molar-refractivity contribution in [3.05, 3.63) is 34.5 Å². The van der Waals surface area contributed by atoms with Gasteiger partial charge < -0.3 is 9.42 Å². The van der Waals surface area contributed by atoms with Gasteiger partial charge in [-0.15, -0.1) is 0 Å². The van der Waals surface area contributed by atoms with Crippen LogP contribution in [0.25, 0.3) is 0 Å². The van der Waals surface area contributed by atoms with Gasteiger partial charge in [0, 0.05) is 17.8 Å². The van der Waals surface area contributed by atoms with Crippen molar-refractivity contribution < 1.29 is 9.32 Å². The van der Waals surface area contributed by atoms with Crippen LogP contribution in [-0.2, 0) is 11.3 Å². The lowest BCUT2D eigenvalue weighted by molar-refractivity contribution is -0.133. The summed E-state index contributed by atoms with van der Waals surface area (Å²) in [5.41, 5.74) is 3.90. The van der Waals surface area contributed by atoms with Gasteiger partial charge in [0.25, 0.3) is 0 Å². The molecule has 1 aliphatic rings. The van der Waals surface area contributed by atoms with Crippen molar-refractivity contribution in [2.24, 2.45) is 0 Å². The molecule has 0 N–H and O–H groups in total. The molecule has 0 bridgehead atoms. The van der Waals surface area contributed by atoms with Crippen molar-refractivity contribution in [3.8, 4) is 0 Å². The molecule has 0 radical (unpaired) electrons. The van der Waals surface area contributed by atoms with Crippen LogP contribution in [-0.4, -0.2) is 38.3 Å². The van der Waals surface area contributed by atoms with Crippen LogP contribution in [0.3, 0.4) is 0 Å². The minimum absolute atomic E-state index is 0.161. The summed E-state index contributed by atoms with van der Waals surface area (Å²) < 4.78 is 7.26. The lowest BCUT2D eigenvalue weighted by Crippen LogP contribution is -2.40. The lowest BCUT2D eigenvalue weighted by Gasteiger charge is -2.28. The Balaban J connectivity index is 1.77. The van der Waals surface area contributed by atoms with Gasteiger partial charge in [0.2, 0.25) is 5.91 Å². The first-order chi connectivity index (χ1) is 11.4. The molecule has 2 aromatic rings. The molecule has 130 valence electrons. The van der Waals surface area contributed by atoms with Crippen LogP contribution in [0.1, 0.15) is 54.1 Å². The van der Waals surface area contributed by atoms with E-state index in [0.717, 1.165) is 54.3 Å². The van der Waals surface area contributed by atoms with E-state index in [1.165, 1.54) is 0 Å². The Bertz CT molecular complexity index is 727. The number of amides is 1. The molecule has 3 rings (SSSR count). The molecule has 1 aliphatic heterocycles. The average molecular weight is 330 g/mol. The van der Waals surface area contributed by atoms with E-state index in [2.05, 4.69) is 23.2 Å². The monoisotopic (exact) mass is 330 g/mol. The van der Waals surface area contributed by atoms with E-state index in [9.17, 15) is 4.79 Å². The van der Waals surface area contributed by atoms with Crippen molar-refractivity contribution in [3.63, 3.8) is 0 Å². The van der Waals surface area contributed by atoms with E-state index in [4.69, 9.17) is 4.52 Å². The smallest absolute Gasteiger partial charge is 0.230 e. The first-order valence-corrected chi connectivity index (χ1v) is 8.62. The molecular formula is C18H26N4O2. The van der Waals surface area contributed by atoms with Gasteiger partial charge >= 0.3 is 0 Å². The zero-order valence-corrected chi connectivity index (χ0v) is 15.2. The standard InChI is InChI=1S/C18H26N4O2/c1-11-9-12(2)22(19-11)10-16-7-6-8-21(16)18(23)13(3)17-14(4)20-24-15(17)5/h9,13,16H,6-8,10H2,1-5H3/t13-,16-/m1/s1. The molecule has 0 saturated carbocycles. The van der Waals surface area contributed by atoms with Gasteiger partial charge in [0.1, 0.15) is 5.76 Å². The molecule has 0 aromatic carbocycles. The molecule has 2 atom stereocenters. The van der Waals surface area contributed by atoms with E-state index in [1.54, 1.807) is 0 Å². The first kappa shape index (κ1) is 16.7. The van der Waals surface area contributed by atoms with Gasteiger partial charge in [-0.25, -0.2) is 0 Å². The maximum Gasteiger partial charge on any atom is 0.230 e. The summed E-state index contributed by atoms with van der Waals surface area (Å²) in [6.45, 7) is 11.4. The summed E-state index contributed by atoms with van der Waals surface area (Å²) in [5, 5.41) is 8.53. The van der Waals surface area contributed by atoms with Crippen molar-refractivity contribution in [1.29, 1.82) is 0 Å². The fourth-order valence-corrected chi connectivity index (χ4v) is 3.86.